The molecule has 2 rings (SSSR count). The van der Waals surface area contributed by atoms with E-state index in [1.54, 1.807) is 49.8 Å². The summed E-state index contributed by atoms with van der Waals surface area (Å²) in [5, 5.41) is 6.66. The summed E-state index contributed by atoms with van der Waals surface area (Å²) in [6.45, 7) is 4.89. The third-order valence-corrected chi connectivity index (χ3v) is 3.49. The highest BCUT2D eigenvalue weighted by molar-refractivity contribution is 6.47. The van der Waals surface area contributed by atoms with Crippen molar-refractivity contribution in [2.24, 2.45) is 7.05 Å². The minimum absolute atomic E-state index is 0.0597. The molecular formula is C16H17N3O3. The van der Waals surface area contributed by atoms with E-state index in [0.717, 1.165) is 0 Å². The Bertz CT molecular complexity index is 758. The minimum Gasteiger partial charge on any atom is -0.319 e. The number of hydrogen-bond acceptors (Lipinski definition) is 4. The van der Waals surface area contributed by atoms with Crippen LogP contribution in [0.5, 0.6) is 0 Å². The van der Waals surface area contributed by atoms with Gasteiger partial charge in [-0.3, -0.25) is 19.1 Å². The number of rotatable bonds is 4. The quantitative estimate of drug-likeness (QED) is 0.692. The average Bonchev–Trinajstić information content (AvgIpc) is 2.72. The van der Waals surface area contributed by atoms with Gasteiger partial charge in [0, 0.05) is 24.0 Å². The van der Waals surface area contributed by atoms with Gasteiger partial charge in [0.2, 0.25) is 0 Å². The van der Waals surface area contributed by atoms with Gasteiger partial charge in [-0.15, -0.1) is 0 Å². The summed E-state index contributed by atoms with van der Waals surface area (Å²) >= 11 is 0. The molecule has 0 radical (unpaired) electrons. The number of carbonyl (C=O) groups excluding carboxylic acids is 3. The van der Waals surface area contributed by atoms with Gasteiger partial charge in [0.25, 0.3) is 11.7 Å². The third-order valence-electron chi connectivity index (χ3n) is 3.49. The molecule has 0 atom stereocenters. The molecule has 0 fully saturated rings. The number of amides is 1. The van der Waals surface area contributed by atoms with Gasteiger partial charge in [0.1, 0.15) is 0 Å². The van der Waals surface area contributed by atoms with E-state index in [1.165, 1.54) is 6.92 Å². The van der Waals surface area contributed by atoms with Crippen LogP contribution in [0.2, 0.25) is 0 Å². The van der Waals surface area contributed by atoms with E-state index in [-0.39, 0.29) is 5.78 Å². The van der Waals surface area contributed by atoms with Crippen LogP contribution >= 0.6 is 0 Å². The van der Waals surface area contributed by atoms with Crippen molar-refractivity contribution in [2.45, 2.75) is 20.8 Å². The summed E-state index contributed by atoms with van der Waals surface area (Å²) in [6.07, 6.45) is 0. The van der Waals surface area contributed by atoms with Crippen LogP contribution in [0, 0.1) is 13.8 Å². The van der Waals surface area contributed by atoms with E-state index in [1.807, 2.05) is 0 Å². The lowest BCUT2D eigenvalue weighted by Gasteiger charge is -2.05. The molecule has 0 saturated heterocycles. The molecule has 22 heavy (non-hydrogen) atoms. The van der Waals surface area contributed by atoms with Crippen molar-refractivity contribution in [3.05, 3.63) is 46.8 Å². The molecule has 0 aliphatic rings. The van der Waals surface area contributed by atoms with Crippen molar-refractivity contribution in [3.63, 3.8) is 0 Å². The van der Waals surface area contributed by atoms with Crippen molar-refractivity contribution in [1.82, 2.24) is 9.78 Å². The van der Waals surface area contributed by atoms with E-state index in [2.05, 4.69) is 10.4 Å². The van der Waals surface area contributed by atoms with Crippen LogP contribution in [0.3, 0.4) is 0 Å². The highest BCUT2D eigenvalue weighted by Crippen LogP contribution is 2.15. The largest absolute Gasteiger partial charge is 0.319 e. The Morgan fingerprint density at radius 3 is 2.14 bits per heavy atom. The van der Waals surface area contributed by atoms with Crippen molar-refractivity contribution in [2.75, 3.05) is 5.32 Å². The maximum Gasteiger partial charge on any atom is 0.296 e. The second-order valence-corrected chi connectivity index (χ2v) is 5.09. The molecular weight excluding hydrogens is 282 g/mol. The summed E-state index contributed by atoms with van der Waals surface area (Å²) in [7, 11) is 1.72. The van der Waals surface area contributed by atoms with Crippen LogP contribution < -0.4 is 5.32 Å². The molecule has 0 bridgehead atoms. The fourth-order valence-electron chi connectivity index (χ4n) is 2.19. The summed E-state index contributed by atoms with van der Waals surface area (Å²) in [5.74, 6) is -1.41. The first-order valence-corrected chi connectivity index (χ1v) is 6.78. The molecule has 1 amide bonds. The number of nitrogens with one attached hydrogen (secondary N) is 1. The lowest BCUT2D eigenvalue weighted by Crippen LogP contribution is -2.24. The number of ketones is 2. The molecule has 0 unspecified atom stereocenters. The molecule has 6 heteroatoms. The Morgan fingerprint density at radius 1 is 1.09 bits per heavy atom. The number of benzene rings is 1. The van der Waals surface area contributed by atoms with Crippen LogP contribution in [-0.2, 0) is 11.8 Å². The first-order chi connectivity index (χ1) is 10.3. The van der Waals surface area contributed by atoms with E-state index in [9.17, 15) is 14.4 Å². The zero-order valence-corrected chi connectivity index (χ0v) is 12.9. The highest BCUT2D eigenvalue weighted by atomic mass is 16.2. The molecule has 1 N–H and O–H groups in total. The number of Topliss-reactive ketones (excluding diaryl/α,β-unsaturated/α-hetero) is 2. The fourth-order valence-corrected chi connectivity index (χ4v) is 2.19. The van der Waals surface area contributed by atoms with Gasteiger partial charge < -0.3 is 5.32 Å². The topological polar surface area (TPSA) is 81.1 Å². The Morgan fingerprint density at radius 2 is 1.68 bits per heavy atom. The maximum atomic E-state index is 12.3. The number of carbonyl (C=O) groups is 3. The first-order valence-electron chi connectivity index (χ1n) is 6.78. The first kappa shape index (κ1) is 15.6. The molecule has 0 aliphatic heterocycles. The van der Waals surface area contributed by atoms with Crippen molar-refractivity contribution < 1.29 is 14.4 Å². The fraction of sp³-hybridized carbons (Fsp3) is 0.250. The second-order valence-electron chi connectivity index (χ2n) is 5.09. The zero-order chi connectivity index (χ0) is 16.4. The van der Waals surface area contributed by atoms with Crippen LogP contribution in [0.25, 0.3) is 0 Å². The van der Waals surface area contributed by atoms with Crippen LogP contribution in [0.4, 0.5) is 5.69 Å². The van der Waals surface area contributed by atoms with Gasteiger partial charge in [-0.05, 0) is 45.0 Å². The van der Waals surface area contributed by atoms with Gasteiger partial charge in [-0.2, -0.15) is 5.10 Å². The molecule has 1 aromatic carbocycles. The van der Waals surface area contributed by atoms with Gasteiger partial charge in [0.05, 0.1) is 11.3 Å². The van der Waals surface area contributed by atoms with Gasteiger partial charge in [-0.25, -0.2) is 0 Å². The van der Waals surface area contributed by atoms with Crippen molar-refractivity contribution in [1.29, 1.82) is 0 Å². The summed E-state index contributed by atoms with van der Waals surface area (Å²) in [4.78, 5) is 35.5. The van der Waals surface area contributed by atoms with E-state index < -0.39 is 11.7 Å². The monoisotopic (exact) mass is 299 g/mol. The standard InChI is InChI=1S/C16H17N3O3/c1-9-14(10(2)19(4)18-9)15(21)16(22)17-13-7-5-12(6-8-13)11(3)20/h5-8H,1-4H3,(H,17,22). The van der Waals surface area contributed by atoms with Crippen LogP contribution in [-0.4, -0.2) is 27.3 Å². The summed E-state index contributed by atoms with van der Waals surface area (Å²) < 4.78 is 1.57. The van der Waals surface area contributed by atoms with E-state index >= 15 is 0 Å². The molecule has 114 valence electrons. The molecule has 1 aromatic heterocycles. The molecule has 0 saturated carbocycles. The number of hydrogen-bond donors (Lipinski definition) is 1. The maximum absolute atomic E-state index is 12.3. The van der Waals surface area contributed by atoms with Crippen molar-refractivity contribution in [3.8, 4) is 0 Å². The van der Waals surface area contributed by atoms with Crippen LogP contribution in [0.1, 0.15) is 39.0 Å². The smallest absolute Gasteiger partial charge is 0.296 e. The molecule has 2 aromatic rings. The lowest BCUT2D eigenvalue weighted by atomic mass is 10.1. The molecule has 6 nitrogen and oxygen atoms in total. The Kier molecular flexibility index (Phi) is 4.21. The SMILES string of the molecule is CC(=O)c1ccc(NC(=O)C(=O)c2c(C)nn(C)c2C)cc1. The number of aryl methyl sites for hydroxylation is 2. The number of aromatic nitrogens is 2. The Balaban J connectivity index is 2.18. The van der Waals surface area contributed by atoms with Gasteiger partial charge in [0.15, 0.2) is 5.78 Å². The number of nitrogens with zero attached hydrogens (tertiary/aromatic N) is 2. The van der Waals surface area contributed by atoms with E-state index in [4.69, 9.17) is 0 Å². The minimum atomic E-state index is -0.727. The second kappa shape index (κ2) is 5.93. The predicted octanol–water partition coefficient (Wildman–Crippen LogP) is 2.06. The summed E-state index contributed by atoms with van der Waals surface area (Å²) in [5.41, 5.74) is 2.49. The normalized spacial score (nSPS) is 10.4. The van der Waals surface area contributed by atoms with Crippen molar-refractivity contribution >= 4 is 23.2 Å². The molecule has 0 aliphatic carbocycles. The third kappa shape index (κ3) is 2.95. The molecule has 0 spiro atoms. The highest BCUT2D eigenvalue weighted by Gasteiger charge is 2.23. The number of anilines is 1. The summed E-state index contributed by atoms with van der Waals surface area (Å²) in [6, 6.07) is 6.38. The zero-order valence-electron chi connectivity index (χ0n) is 12.9. The average molecular weight is 299 g/mol. The Labute approximate surface area is 128 Å². The Hall–Kier alpha value is -2.76. The molecule has 1 heterocycles. The van der Waals surface area contributed by atoms with E-state index in [0.29, 0.717) is 28.2 Å². The predicted molar refractivity (Wildman–Crippen MR) is 82.1 cm³/mol. The van der Waals surface area contributed by atoms with Gasteiger partial charge >= 0.3 is 0 Å². The lowest BCUT2D eigenvalue weighted by molar-refractivity contribution is -0.112. The van der Waals surface area contributed by atoms with Crippen LogP contribution in [0.15, 0.2) is 24.3 Å². The van der Waals surface area contributed by atoms with Gasteiger partial charge in [-0.1, -0.05) is 0 Å².